The summed E-state index contributed by atoms with van der Waals surface area (Å²) in [5.41, 5.74) is 7.18. The molecule has 0 spiro atoms. The third kappa shape index (κ3) is 1.93. The Morgan fingerprint density at radius 2 is 2.18 bits per heavy atom. The van der Waals surface area contributed by atoms with E-state index < -0.39 is 0 Å². The molecule has 3 unspecified atom stereocenters. The molecule has 0 aromatic heterocycles. The summed E-state index contributed by atoms with van der Waals surface area (Å²) in [7, 11) is 0. The normalized spacial score (nSPS) is 33.3. The number of hydrogen-bond donors (Lipinski definition) is 1. The van der Waals surface area contributed by atoms with Crippen LogP contribution in [0.1, 0.15) is 20.8 Å². The molecule has 11 heavy (non-hydrogen) atoms. The third-order valence-corrected chi connectivity index (χ3v) is 2.33. The van der Waals surface area contributed by atoms with Gasteiger partial charge in [-0.2, -0.15) is 0 Å². The molecule has 1 aliphatic carbocycles. The number of hydrogen-bond acceptors (Lipinski definition) is 1. The molecule has 3 atom stereocenters. The van der Waals surface area contributed by atoms with Crippen LogP contribution in [0.15, 0.2) is 23.8 Å². The Bertz CT molecular complexity index is 189. The zero-order valence-electron chi connectivity index (χ0n) is 7.54. The lowest BCUT2D eigenvalue weighted by Gasteiger charge is -2.25. The van der Waals surface area contributed by atoms with E-state index in [1.54, 1.807) is 0 Å². The zero-order chi connectivity index (χ0) is 8.43. The maximum Gasteiger partial charge on any atom is 0.00791 e. The van der Waals surface area contributed by atoms with E-state index in [0.29, 0.717) is 11.8 Å². The summed E-state index contributed by atoms with van der Waals surface area (Å²) in [6.45, 7) is 6.41. The Balaban J connectivity index is 2.73. The first kappa shape index (κ1) is 8.54. The van der Waals surface area contributed by atoms with E-state index >= 15 is 0 Å². The first-order valence-electron chi connectivity index (χ1n) is 4.23. The van der Waals surface area contributed by atoms with Crippen LogP contribution in [-0.4, -0.2) is 6.04 Å². The Kier molecular flexibility index (Phi) is 2.50. The first-order chi connectivity index (χ1) is 5.11. The highest BCUT2D eigenvalue weighted by Crippen LogP contribution is 2.24. The summed E-state index contributed by atoms with van der Waals surface area (Å²) in [5, 5.41) is 0. The van der Waals surface area contributed by atoms with Crippen LogP contribution in [0.2, 0.25) is 0 Å². The van der Waals surface area contributed by atoms with Crippen molar-refractivity contribution in [3.05, 3.63) is 23.8 Å². The van der Waals surface area contributed by atoms with Crippen LogP contribution < -0.4 is 5.73 Å². The van der Waals surface area contributed by atoms with Crippen molar-refractivity contribution < 1.29 is 0 Å². The molecule has 0 fully saturated rings. The van der Waals surface area contributed by atoms with Crippen molar-refractivity contribution >= 4 is 0 Å². The van der Waals surface area contributed by atoms with Gasteiger partial charge in [0.05, 0.1) is 0 Å². The van der Waals surface area contributed by atoms with Gasteiger partial charge in [-0.1, -0.05) is 30.7 Å². The van der Waals surface area contributed by atoms with Crippen molar-refractivity contribution in [2.24, 2.45) is 17.6 Å². The lowest BCUT2D eigenvalue weighted by molar-refractivity contribution is 0.432. The quantitative estimate of drug-likeness (QED) is 0.610. The van der Waals surface area contributed by atoms with Crippen molar-refractivity contribution in [2.45, 2.75) is 26.8 Å². The van der Waals surface area contributed by atoms with Crippen molar-refractivity contribution in [3.8, 4) is 0 Å². The molecule has 0 bridgehead atoms. The lowest BCUT2D eigenvalue weighted by Crippen LogP contribution is -2.30. The first-order valence-corrected chi connectivity index (χ1v) is 4.23. The van der Waals surface area contributed by atoms with Crippen molar-refractivity contribution in [3.63, 3.8) is 0 Å². The van der Waals surface area contributed by atoms with Gasteiger partial charge in [0.1, 0.15) is 0 Å². The summed E-state index contributed by atoms with van der Waals surface area (Å²) in [6, 6.07) is 0.268. The van der Waals surface area contributed by atoms with Gasteiger partial charge < -0.3 is 5.73 Å². The van der Waals surface area contributed by atoms with E-state index in [1.165, 1.54) is 5.57 Å². The summed E-state index contributed by atoms with van der Waals surface area (Å²) < 4.78 is 0. The van der Waals surface area contributed by atoms with Gasteiger partial charge in [0.25, 0.3) is 0 Å². The van der Waals surface area contributed by atoms with Crippen LogP contribution in [0.25, 0.3) is 0 Å². The van der Waals surface area contributed by atoms with Crippen LogP contribution >= 0.6 is 0 Å². The summed E-state index contributed by atoms with van der Waals surface area (Å²) >= 11 is 0. The SMILES string of the molecule is CC1=CC(C(C)N)C(C)C=C1. The van der Waals surface area contributed by atoms with Crippen LogP contribution in [0.3, 0.4) is 0 Å². The highest BCUT2D eigenvalue weighted by Gasteiger charge is 2.18. The molecule has 0 aromatic rings. The van der Waals surface area contributed by atoms with Crippen LogP contribution in [0.4, 0.5) is 0 Å². The largest absolute Gasteiger partial charge is 0.327 e. The molecule has 62 valence electrons. The Hall–Kier alpha value is -0.560. The zero-order valence-corrected chi connectivity index (χ0v) is 7.54. The number of nitrogens with two attached hydrogens (primary N) is 1. The minimum absolute atomic E-state index is 0.268. The number of rotatable bonds is 1. The molecular formula is C10H17N. The maximum atomic E-state index is 5.84. The standard InChI is InChI=1S/C10H17N/c1-7-4-5-8(2)10(6-7)9(3)11/h4-6,8-10H,11H2,1-3H3. The molecule has 0 radical (unpaired) electrons. The molecule has 0 aromatic carbocycles. The van der Waals surface area contributed by atoms with Crippen molar-refractivity contribution in [1.82, 2.24) is 0 Å². The number of allylic oxidation sites excluding steroid dienone is 3. The second kappa shape index (κ2) is 3.22. The second-order valence-corrected chi connectivity index (χ2v) is 3.57. The van der Waals surface area contributed by atoms with Gasteiger partial charge >= 0.3 is 0 Å². The predicted molar refractivity (Wildman–Crippen MR) is 49.2 cm³/mol. The van der Waals surface area contributed by atoms with Crippen LogP contribution in [-0.2, 0) is 0 Å². The minimum atomic E-state index is 0.268. The molecule has 0 heterocycles. The molecule has 0 aliphatic heterocycles. The summed E-state index contributed by atoms with van der Waals surface area (Å²) in [5.74, 6) is 1.12. The summed E-state index contributed by atoms with van der Waals surface area (Å²) in [6.07, 6.45) is 6.68. The van der Waals surface area contributed by atoms with E-state index in [0.717, 1.165) is 0 Å². The fourth-order valence-corrected chi connectivity index (χ4v) is 1.57. The second-order valence-electron chi connectivity index (χ2n) is 3.57. The van der Waals surface area contributed by atoms with Gasteiger partial charge in [-0.05, 0) is 25.7 Å². The highest BCUT2D eigenvalue weighted by molar-refractivity contribution is 5.24. The predicted octanol–water partition coefficient (Wildman–Crippen LogP) is 2.10. The van der Waals surface area contributed by atoms with E-state index in [9.17, 15) is 0 Å². The maximum absolute atomic E-state index is 5.84. The molecule has 1 aliphatic rings. The van der Waals surface area contributed by atoms with E-state index in [-0.39, 0.29) is 6.04 Å². The highest BCUT2D eigenvalue weighted by atomic mass is 14.6. The van der Waals surface area contributed by atoms with Crippen molar-refractivity contribution in [2.75, 3.05) is 0 Å². The van der Waals surface area contributed by atoms with Gasteiger partial charge in [0.15, 0.2) is 0 Å². The van der Waals surface area contributed by atoms with Gasteiger partial charge in [-0.3, -0.25) is 0 Å². The molecular weight excluding hydrogens is 134 g/mol. The van der Waals surface area contributed by atoms with Gasteiger partial charge in [0.2, 0.25) is 0 Å². The lowest BCUT2D eigenvalue weighted by atomic mass is 9.83. The average molecular weight is 151 g/mol. The van der Waals surface area contributed by atoms with Gasteiger partial charge in [0, 0.05) is 6.04 Å². The fourth-order valence-electron chi connectivity index (χ4n) is 1.57. The Morgan fingerprint density at radius 1 is 1.55 bits per heavy atom. The van der Waals surface area contributed by atoms with E-state index in [4.69, 9.17) is 5.73 Å². The van der Waals surface area contributed by atoms with Gasteiger partial charge in [-0.15, -0.1) is 0 Å². The molecule has 0 amide bonds. The average Bonchev–Trinajstić information content (AvgIpc) is 1.94. The minimum Gasteiger partial charge on any atom is -0.327 e. The van der Waals surface area contributed by atoms with Crippen LogP contribution in [0, 0.1) is 11.8 Å². The van der Waals surface area contributed by atoms with Crippen molar-refractivity contribution in [1.29, 1.82) is 0 Å². The monoisotopic (exact) mass is 151 g/mol. The molecule has 2 N–H and O–H groups in total. The van der Waals surface area contributed by atoms with Crippen LogP contribution in [0.5, 0.6) is 0 Å². The molecule has 1 nitrogen and oxygen atoms in total. The smallest absolute Gasteiger partial charge is 0.00791 e. The van der Waals surface area contributed by atoms with E-state index in [2.05, 4.69) is 39.0 Å². The molecule has 0 saturated carbocycles. The topological polar surface area (TPSA) is 26.0 Å². The van der Waals surface area contributed by atoms with E-state index in [1.807, 2.05) is 0 Å². The molecule has 1 rings (SSSR count). The Morgan fingerprint density at radius 3 is 2.64 bits per heavy atom. The van der Waals surface area contributed by atoms with Gasteiger partial charge in [-0.25, -0.2) is 0 Å². The fraction of sp³-hybridized carbons (Fsp3) is 0.600. The molecule has 0 saturated heterocycles. The summed E-state index contributed by atoms with van der Waals surface area (Å²) in [4.78, 5) is 0. The Labute approximate surface area is 69.0 Å². The molecule has 1 heteroatoms. The third-order valence-electron chi connectivity index (χ3n) is 2.33.